The average molecular weight is 366 g/mol. The van der Waals surface area contributed by atoms with Gasteiger partial charge < -0.3 is 15.4 Å². The van der Waals surface area contributed by atoms with E-state index >= 15 is 0 Å². The van der Waals surface area contributed by atoms with Gasteiger partial charge in [-0.05, 0) is 35.4 Å². The predicted molar refractivity (Wildman–Crippen MR) is 88.0 cm³/mol. The predicted octanol–water partition coefficient (Wildman–Crippen LogP) is 2.26. The summed E-state index contributed by atoms with van der Waals surface area (Å²) >= 11 is 0. The Morgan fingerprint density at radius 2 is 1.77 bits per heavy atom. The molecule has 1 unspecified atom stereocenters. The van der Waals surface area contributed by atoms with Crippen molar-refractivity contribution in [3.63, 3.8) is 0 Å². The molecule has 2 amide bonds. The van der Waals surface area contributed by atoms with Crippen molar-refractivity contribution in [2.24, 2.45) is 0 Å². The summed E-state index contributed by atoms with van der Waals surface area (Å²) in [4.78, 5) is 24.2. The van der Waals surface area contributed by atoms with E-state index in [0.29, 0.717) is 5.56 Å². The van der Waals surface area contributed by atoms with Crippen LogP contribution in [0.3, 0.4) is 0 Å². The molecule has 1 atom stereocenters. The highest BCUT2D eigenvalue weighted by atomic mass is 19.2. The highest BCUT2D eigenvalue weighted by molar-refractivity contribution is 5.89. The molecule has 0 fully saturated rings. The number of rotatable bonds is 6. The average Bonchev–Trinajstić information content (AvgIpc) is 2.61. The van der Waals surface area contributed by atoms with Gasteiger partial charge in [-0.3, -0.25) is 9.59 Å². The Balaban J connectivity index is 2.17. The summed E-state index contributed by atoms with van der Waals surface area (Å²) < 4.78 is 45.0. The third kappa shape index (κ3) is 4.53. The number of carbonyl (C=O) groups excluding carboxylic acids is 2. The van der Waals surface area contributed by atoms with Gasteiger partial charge in [-0.15, -0.1) is 0 Å². The van der Waals surface area contributed by atoms with Crippen LogP contribution < -0.4 is 15.4 Å². The number of benzene rings is 2. The number of likely N-dealkylation sites (N-methyl/N-ethyl adjacent to an activating group) is 1. The molecule has 0 bridgehead atoms. The molecule has 0 saturated heterocycles. The maximum absolute atomic E-state index is 13.7. The number of nitrogens with one attached hydrogen (secondary N) is 2. The lowest BCUT2D eigenvalue weighted by molar-refractivity contribution is -0.128. The number of ether oxygens (including phenoxy) is 1. The van der Waals surface area contributed by atoms with Gasteiger partial charge in [0.1, 0.15) is 6.04 Å². The van der Waals surface area contributed by atoms with Crippen molar-refractivity contribution in [3.05, 3.63) is 65.0 Å². The van der Waals surface area contributed by atoms with Crippen LogP contribution in [0.1, 0.15) is 17.2 Å². The Morgan fingerprint density at radius 3 is 2.35 bits per heavy atom. The first-order valence-corrected chi connectivity index (χ1v) is 7.64. The number of carbonyl (C=O) groups is 2. The molecule has 2 N–H and O–H groups in total. The first kappa shape index (κ1) is 19.3. The SMILES string of the molecule is CNC(=O)C(NC(=O)Cc1ccc(OC)c(F)c1)c1ccc(F)c(F)c1. The fraction of sp³-hybridized carbons (Fsp3) is 0.222. The summed E-state index contributed by atoms with van der Waals surface area (Å²) in [6, 6.07) is 5.72. The molecule has 0 saturated carbocycles. The second-order valence-corrected chi connectivity index (χ2v) is 5.43. The van der Waals surface area contributed by atoms with Gasteiger partial charge in [-0.2, -0.15) is 0 Å². The minimum atomic E-state index is -1.22. The lowest BCUT2D eigenvalue weighted by Gasteiger charge is -2.18. The van der Waals surface area contributed by atoms with E-state index in [1.54, 1.807) is 0 Å². The molecule has 0 spiro atoms. The molecule has 0 aliphatic heterocycles. The van der Waals surface area contributed by atoms with Crippen LogP contribution in [0.5, 0.6) is 5.75 Å². The topological polar surface area (TPSA) is 67.4 Å². The van der Waals surface area contributed by atoms with E-state index in [-0.39, 0.29) is 17.7 Å². The Morgan fingerprint density at radius 1 is 1.04 bits per heavy atom. The van der Waals surface area contributed by atoms with E-state index in [4.69, 9.17) is 4.74 Å². The zero-order valence-electron chi connectivity index (χ0n) is 14.1. The highest BCUT2D eigenvalue weighted by Crippen LogP contribution is 2.19. The lowest BCUT2D eigenvalue weighted by atomic mass is 10.0. The van der Waals surface area contributed by atoms with E-state index in [1.807, 2.05) is 0 Å². The Hall–Kier alpha value is -3.03. The molecule has 0 aromatic heterocycles. The van der Waals surface area contributed by atoms with Crippen molar-refractivity contribution < 1.29 is 27.5 Å². The van der Waals surface area contributed by atoms with Crippen LogP contribution >= 0.6 is 0 Å². The highest BCUT2D eigenvalue weighted by Gasteiger charge is 2.23. The summed E-state index contributed by atoms with van der Waals surface area (Å²) in [6.45, 7) is 0. The summed E-state index contributed by atoms with van der Waals surface area (Å²) in [5, 5.41) is 4.78. The molecule has 2 rings (SSSR count). The molecule has 0 aliphatic carbocycles. The molecule has 8 heteroatoms. The number of methoxy groups -OCH3 is 1. The van der Waals surface area contributed by atoms with Gasteiger partial charge in [0, 0.05) is 7.05 Å². The lowest BCUT2D eigenvalue weighted by Crippen LogP contribution is -2.39. The Kier molecular flexibility index (Phi) is 6.21. The van der Waals surface area contributed by atoms with Gasteiger partial charge in [0.25, 0.3) is 0 Å². The fourth-order valence-corrected chi connectivity index (χ4v) is 2.35. The van der Waals surface area contributed by atoms with Crippen molar-refractivity contribution in [1.82, 2.24) is 10.6 Å². The van der Waals surface area contributed by atoms with E-state index < -0.39 is 35.3 Å². The number of halogens is 3. The van der Waals surface area contributed by atoms with Crippen molar-refractivity contribution in [2.75, 3.05) is 14.2 Å². The second-order valence-electron chi connectivity index (χ2n) is 5.43. The number of hydrogen-bond acceptors (Lipinski definition) is 3. The zero-order valence-corrected chi connectivity index (χ0v) is 14.1. The Labute approximate surface area is 148 Å². The molecule has 26 heavy (non-hydrogen) atoms. The molecular formula is C18H17F3N2O3. The van der Waals surface area contributed by atoms with E-state index in [9.17, 15) is 22.8 Å². The molecule has 138 valence electrons. The molecule has 2 aromatic rings. The number of hydrogen-bond donors (Lipinski definition) is 2. The van der Waals surface area contributed by atoms with Crippen molar-refractivity contribution in [3.8, 4) is 5.75 Å². The largest absolute Gasteiger partial charge is 0.494 e. The van der Waals surface area contributed by atoms with Gasteiger partial charge in [-0.25, -0.2) is 13.2 Å². The van der Waals surface area contributed by atoms with Gasteiger partial charge in [-0.1, -0.05) is 12.1 Å². The monoisotopic (exact) mass is 366 g/mol. The first-order valence-electron chi connectivity index (χ1n) is 7.64. The van der Waals surface area contributed by atoms with Gasteiger partial charge in [0.15, 0.2) is 23.2 Å². The quantitative estimate of drug-likeness (QED) is 0.824. The van der Waals surface area contributed by atoms with E-state index in [1.165, 1.54) is 32.4 Å². The second kappa shape index (κ2) is 8.37. The first-order chi connectivity index (χ1) is 12.3. The van der Waals surface area contributed by atoms with Crippen LogP contribution in [-0.2, 0) is 16.0 Å². The van der Waals surface area contributed by atoms with E-state index in [0.717, 1.165) is 18.2 Å². The van der Waals surface area contributed by atoms with Crippen LogP contribution in [0.2, 0.25) is 0 Å². The normalized spacial score (nSPS) is 11.6. The minimum absolute atomic E-state index is 0.0409. The van der Waals surface area contributed by atoms with Gasteiger partial charge >= 0.3 is 0 Å². The Bertz CT molecular complexity index is 827. The maximum atomic E-state index is 13.7. The van der Waals surface area contributed by atoms with Crippen LogP contribution in [0, 0.1) is 17.5 Å². The summed E-state index contributed by atoms with van der Waals surface area (Å²) in [5.41, 5.74) is 0.444. The van der Waals surface area contributed by atoms with E-state index in [2.05, 4.69) is 10.6 Å². The molecule has 2 aromatic carbocycles. The third-order valence-corrected chi connectivity index (χ3v) is 3.67. The van der Waals surface area contributed by atoms with Crippen LogP contribution in [0.25, 0.3) is 0 Å². The maximum Gasteiger partial charge on any atom is 0.246 e. The van der Waals surface area contributed by atoms with Crippen LogP contribution in [0.15, 0.2) is 36.4 Å². The van der Waals surface area contributed by atoms with Crippen molar-refractivity contribution in [1.29, 1.82) is 0 Å². The molecule has 0 radical (unpaired) electrons. The van der Waals surface area contributed by atoms with Crippen molar-refractivity contribution >= 4 is 11.8 Å². The summed E-state index contributed by atoms with van der Waals surface area (Å²) in [7, 11) is 2.67. The standard InChI is InChI=1S/C18H17F3N2O3/c1-22-18(25)17(11-4-5-12(19)13(20)9-11)23-16(24)8-10-3-6-15(26-2)14(21)7-10/h3-7,9,17H,8H2,1-2H3,(H,22,25)(H,23,24). The zero-order chi connectivity index (χ0) is 19.3. The molecule has 0 heterocycles. The summed E-state index contributed by atoms with van der Waals surface area (Å²) in [5.74, 6) is -3.98. The fourth-order valence-electron chi connectivity index (χ4n) is 2.35. The van der Waals surface area contributed by atoms with Gasteiger partial charge in [0.2, 0.25) is 11.8 Å². The van der Waals surface area contributed by atoms with Gasteiger partial charge in [0.05, 0.1) is 13.5 Å². The van der Waals surface area contributed by atoms with Crippen LogP contribution in [0.4, 0.5) is 13.2 Å². The molecule has 0 aliphatic rings. The number of amides is 2. The minimum Gasteiger partial charge on any atom is -0.494 e. The van der Waals surface area contributed by atoms with Crippen LogP contribution in [-0.4, -0.2) is 26.0 Å². The third-order valence-electron chi connectivity index (χ3n) is 3.67. The smallest absolute Gasteiger partial charge is 0.246 e. The summed E-state index contributed by atoms with van der Waals surface area (Å²) in [6.07, 6.45) is -0.210. The van der Waals surface area contributed by atoms with Crippen molar-refractivity contribution in [2.45, 2.75) is 12.5 Å². The molecular weight excluding hydrogens is 349 g/mol. The molecule has 5 nitrogen and oxygen atoms in total.